The predicted octanol–water partition coefficient (Wildman–Crippen LogP) is 2.46. The topological polar surface area (TPSA) is 67.5 Å². The minimum absolute atomic E-state index is 0.110. The van der Waals surface area contributed by atoms with Gasteiger partial charge in [0.05, 0.1) is 5.02 Å². The molecule has 0 aliphatic heterocycles. The zero-order chi connectivity index (χ0) is 12.4. The van der Waals surface area contributed by atoms with Gasteiger partial charge in [0.25, 0.3) is 0 Å². The number of hydrogen-bond acceptors (Lipinski definition) is 3. The summed E-state index contributed by atoms with van der Waals surface area (Å²) >= 11 is 5.97. The van der Waals surface area contributed by atoms with E-state index in [-0.39, 0.29) is 12.8 Å². The molecule has 88 valence electrons. The molecule has 0 aliphatic carbocycles. The van der Waals surface area contributed by atoms with Gasteiger partial charge in [0.2, 0.25) is 0 Å². The molecule has 0 saturated carbocycles. The molecule has 17 heavy (non-hydrogen) atoms. The summed E-state index contributed by atoms with van der Waals surface area (Å²) in [6.45, 7) is 0. The lowest BCUT2D eigenvalue weighted by Crippen LogP contribution is -2.09. The van der Waals surface area contributed by atoms with Crippen molar-refractivity contribution >= 4 is 28.5 Å². The Morgan fingerprint density at radius 3 is 2.88 bits per heavy atom. The van der Waals surface area contributed by atoms with E-state index < -0.39 is 11.6 Å². The van der Waals surface area contributed by atoms with E-state index in [9.17, 15) is 9.59 Å². The Balaban J connectivity index is 2.50. The molecular formula is C12H9ClO4. The Kier molecular flexibility index (Phi) is 3.15. The fourth-order valence-corrected chi connectivity index (χ4v) is 1.78. The highest BCUT2D eigenvalue weighted by Gasteiger charge is 2.09. The number of hydrogen-bond donors (Lipinski definition) is 1. The second-order valence-corrected chi connectivity index (χ2v) is 4.01. The predicted molar refractivity (Wildman–Crippen MR) is 63.5 cm³/mol. The molecule has 0 aliphatic rings. The van der Waals surface area contributed by atoms with Gasteiger partial charge in [-0.3, -0.25) is 4.79 Å². The summed E-state index contributed by atoms with van der Waals surface area (Å²) < 4.78 is 5.07. The molecule has 0 spiro atoms. The van der Waals surface area contributed by atoms with Crippen LogP contribution in [0, 0.1) is 0 Å². The number of rotatable bonds is 3. The van der Waals surface area contributed by atoms with Crippen molar-refractivity contribution in [1.82, 2.24) is 0 Å². The van der Waals surface area contributed by atoms with E-state index >= 15 is 0 Å². The third kappa shape index (κ3) is 2.47. The van der Waals surface area contributed by atoms with Gasteiger partial charge in [-0.1, -0.05) is 17.7 Å². The second kappa shape index (κ2) is 4.59. The molecule has 1 aromatic heterocycles. The van der Waals surface area contributed by atoms with Crippen LogP contribution in [-0.4, -0.2) is 11.1 Å². The van der Waals surface area contributed by atoms with Crippen molar-refractivity contribution in [3.8, 4) is 0 Å². The maximum atomic E-state index is 11.6. The van der Waals surface area contributed by atoms with E-state index in [2.05, 4.69) is 0 Å². The van der Waals surface area contributed by atoms with Gasteiger partial charge >= 0.3 is 11.6 Å². The first-order chi connectivity index (χ1) is 8.08. The van der Waals surface area contributed by atoms with Crippen LogP contribution in [0.4, 0.5) is 0 Å². The second-order valence-electron chi connectivity index (χ2n) is 3.60. The number of benzene rings is 1. The molecule has 2 rings (SSSR count). The third-order valence-electron chi connectivity index (χ3n) is 2.40. The molecule has 1 aromatic carbocycles. The van der Waals surface area contributed by atoms with Gasteiger partial charge in [0.1, 0.15) is 5.58 Å². The molecule has 1 N–H and O–H groups in total. The maximum Gasteiger partial charge on any atom is 0.339 e. The smallest absolute Gasteiger partial charge is 0.339 e. The van der Waals surface area contributed by atoms with Gasteiger partial charge < -0.3 is 9.52 Å². The lowest BCUT2D eigenvalue weighted by atomic mass is 10.1. The number of carboxylic acids is 1. The molecule has 0 atom stereocenters. The van der Waals surface area contributed by atoms with Crippen molar-refractivity contribution in [3.63, 3.8) is 0 Å². The van der Waals surface area contributed by atoms with Crippen molar-refractivity contribution in [2.45, 2.75) is 12.8 Å². The van der Waals surface area contributed by atoms with E-state index in [0.29, 0.717) is 21.6 Å². The van der Waals surface area contributed by atoms with Crippen LogP contribution in [0.1, 0.15) is 12.0 Å². The zero-order valence-corrected chi connectivity index (χ0v) is 9.53. The van der Waals surface area contributed by atoms with Crippen LogP contribution in [0.2, 0.25) is 5.02 Å². The van der Waals surface area contributed by atoms with Crippen molar-refractivity contribution in [2.75, 3.05) is 0 Å². The van der Waals surface area contributed by atoms with Gasteiger partial charge in [-0.05, 0) is 24.6 Å². The highest BCUT2D eigenvalue weighted by molar-refractivity contribution is 6.35. The average molecular weight is 253 g/mol. The SMILES string of the molecule is O=C(O)CCc1cc2c(Cl)cccc2oc1=O. The van der Waals surface area contributed by atoms with E-state index in [1.54, 1.807) is 24.3 Å². The molecule has 0 saturated heterocycles. The molecule has 0 bridgehead atoms. The van der Waals surface area contributed by atoms with Gasteiger partial charge in [-0.15, -0.1) is 0 Å². The van der Waals surface area contributed by atoms with Crippen LogP contribution in [0.5, 0.6) is 0 Å². The first-order valence-corrected chi connectivity index (χ1v) is 5.39. The monoisotopic (exact) mass is 252 g/mol. The van der Waals surface area contributed by atoms with Crippen LogP contribution in [-0.2, 0) is 11.2 Å². The zero-order valence-electron chi connectivity index (χ0n) is 8.77. The van der Waals surface area contributed by atoms with Crippen molar-refractivity contribution in [1.29, 1.82) is 0 Å². The van der Waals surface area contributed by atoms with Gasteiger partial charge in [0.15, 0.2) is 0 Å². The van der Waals surface area contributed by atoms with E-state index in [1.165, 1.54) is 0 Å². The fraction of sp³-hybridized carbons (Fsp3) is 0.167. The van der Waals surface area contributed by atoms with Crippen LogP contribution in [0.15, 0.2) is 33.5 Å². The van der Waals surface area contributed by atoms with E-state index in [1.807, 2.05) is 0 Å². The molecule has 0 radical (unpaired) electrons. The first-order valence-electron chi connectivity index (χ1n) is 5.01. The first kappa shape index (κ1) is 11.7. The van der Waals surface area contributed by atoms with Crippen LogP contribution in [0.3, 0.4) is 0 Å². The third-order valence-corrected chi connectivity index (χ3v) is 2.73. The minimum Gasteiger partial charge on any atom is -0.481 e. The summed E-state index contributed by atoms with van der Waals surface area (Å²) in [5.41, 5.74) is 0.218. The van der Waals surface area contributed by atoms with E-state index in [4.69, 9.17) is 21.1 Å². The van der Waals surface area contributed by atoms with Crippen LogP contribution < -0.4 is 5.63 Å². The van der Waals surface area contributed by atoms with Gasteiger partial charge in [0, 0.05) is 17.4 Å². The number of aryl methyl sites for hydroxylation is 1. The lowest BCUT2D eigenvalue weighted by Gasteiger charge is -2.02. The summed E-state index contributed by atoms with van der Waals surface area (Å²) in [6, 6.07) is 6.60. The van der Waals surface area contributed by atoms with Crippen molar-refractivity contribution < 1.29 is 14.3 Å². The van der Waals surface area contributed by atoms with Crippen LogP contribution >= 0.6 is 11.6 Å². The highest BCUT2D eigenvalue weighted by Crippen LogP contribution is 2.22. The number of carbonyl (C=O) groups is 1. The molecule has 0 amide bonds. The van der Waals surface area contributed by atoms with Gasteiger partial charge in [-0.2, -0.15) is 0 Å². The largest absolute Gasteiger partial charge is 0.481 e. The van der Waals surface area contributed by atoms with Crippen molar-refractivity contribution in [2.24, 2.45) is 0 Å². The molecule has 2 aromatic rings. The average Bonchev–Trinajstić information content (AvgIpc) is 2.27. The number of fused-ring (bicyclic) bond motifs is 1. The molecular weight excluding hydrogens is 244 g/mol. The molecule has 0 unspecified atom stereocenters. The Hall–Kier alpha value is -1.81. The normalized spacial score (nSPS) is 10.6. The van der Waals surface area contributed by atoms with Gasteiger partial charge in [-0.25, -0.2) is 4.79 Å². The Morgan fingerprint density at radius 2 is 2.18 bits per heavy atom. The Bertz CT molecular complexity index is 630. The summed E-state index contributed by atoms with van der Waals surface area (Å²) in [4.78, 5) is 22.0. The maximum absolute atomic E-state index is 11.6. The summed E-state index contributed by atoms with van der Waals surface area (Å²) in [5, 5.41) is 9.67. The molecule has 0 fully saturated rings. The molecule has 5 heteroatoms. The number of aliphatic carboxylic acids is 1. The summed E-state index contributed by atoms with van der Waals surface area (Å²) in [5.74, 6) is -0.955. The molecule has 4 nitrogen and oxygen atoms in total. The Morgan fingerprint density at radius 1 is 1.41 bits per heavy atom. The Labute approximate surface area is 101 Å². The minimum atomic E-state index is -0.955. The lowest BCUT2D eigenvalue weighted by molar-refractivity contribution is -0.136. The summed E-state index contributed by atoms with van der Waals surface area (Å²) in [7, 11) is 0. The standard InChI is InChI=1S/C12H9ClO4/c13-9-2-1-3-10-8(9)6-7(12(16)17-10)4-5-11(14)15/h1-3,6H,4-5H2,(H,14,15). The fourth-order valence-electron chi connectivity index (χ4n) is 1.56. The van der Waals surface area contributed by atoms with E-state index in [0.717, 1.165) is 0 Å². The number of carboxylic acid groups (broad SMARTS) is 1. The molecule has 1 heterocycles. The summed E-state index contributed by atoms with van der Waals surface area (Å²) in [6.07, 6.45) is 0.0273. The quantitative estimate of drug-likeness (QED) is 0.852. The highest BCUT2D eigenvalue weighted by atomic mass is 35.5. The number of halogens is 1. The van der Waals surface area contributed by atoms with Crippen molar-refractivity contribution in [3.05, 3.63) is 45.3 Å². The van der Waals surface area contributed by atoms with Crippen LogP contribution in [0.25, 0.3) is 11.0 Å².